The standard InChI is InChI=1S/C15H15NO/c1-2-6-12(7-3-1)14(10-13-11-17-13)15-8-4-5-9-16-15/h1-9,13-14H,10-11H2. The molecule has 0 radical (unpaired) electrons. The number of benzene rings is 1. The highest BCUT2D eigenvalue weighted by atomic mass is 16.6. The summed E-state index contributed by atoms with van der Waals surface area (Å²) in [5, 5.41) is 0. The molecule has 0 amide bonds. The normalized spacial score (nSPS) is 19.9. The van der Waals surface area contributed by atoms with Gasteiger partial charge in [-0.25, -0.2) is 0 Å². The SMILES string of the molecule is c1ccc(C(CC2CO2)c2ccccn2)cc1. The maximum Gasteiger partial charge on any atom is 0.0819 e. The molecular formula is C15H15NO. The van der Waals surface area contributed by atoms with Crippen molar-refractivity contribution in [2.45, 2.75) is 18.4 Å². The van der Waals surface area contributed by atoms with Gasteiger partial charge in [-0.05, 0) is 24.1 Å². The van der Waals surface area contributed by atoms with Crippen molar-refractivity contribution in [3.63, 3.8) is 0 Å². The summed E-state index contributed by atoms with van der Waals surface area (Å²) in [6.45, 7) is 0.899. The van der Waals surface area contributed by atoms with Crippen LogP contribution in [0.15, 0.2) is 54.7 Å². The molecule has 1 aromatic heterocycles. The Kier molecular flexibility index (Phi) is 2.88. The van der Waals surface area contributed by atoms with Crippen LogP contribution in [0.4, 0.5) is 0 Å². The van der Waals surface area contributed by atoms with E-state index in [0.717, 1.165) is 18.7 Å². The molecule has 0 spiro atoms. The number of hydrogen-bond donors (Lipinski definition) is 0. The van der Waals surface area contributed by atoms with Gasteiger partial charge in [0.15, 0.2) is 0 Å². The zero-order chi connectivity index (χ0) is 11.5. The monoisotopic (exact) mass is 225 g/mol. The molecule has 1 fully saturated rings. The summed E-state index contributed by atoms with van der Waals surface area (Å²) < 4.78 is 5.35. The summed E-state index contributed by atoms with van der Waals surface area (Å²) in [6, 6.07) is 16.7. The van der Waals surface area contributed by atoms with Crippen molar-refractivity contribution >= 4 is 0 Å². The molecular weight excluding hydrogens is 210 g/mol. The van der Waals surface area contributed by atoms with Crippen LogP contribution in [0.1, 0.15) is 23.6 Å². The van der Waals surface area contributed by atoms with Gasteiger partial charge >= 0.3 is 0 Å². The van der Waals surface area contributed by atoms with Crippen LogP contribution in [-0.2, 0) is 4.74 Å². The first-order valence-electron chi connectivity index (χ1n) is 6.01. The number of rotatable bonds is 4. The topological polar surface area (TPSA) is 25.4 Å². The zero-order valence-electron chi connectivity index (χ0n) is 9.62. The molecule has 17 heavy (non-hydrogen) atoms. The summed E-state index contributed by atoms with van der Waals surface area (Å²) in [5.74, 6) is 0.352. The Hall–Kier alpha value is -1.67. The molecule has 1 aliphatic heterocycles. The van der Waals surface area contributed by atoms with Crippen molar-refractivity contribution in [2.75, 3.05) is 6.61 Å². The Morgan fingerprint density at radius 1 is 1.12 bits per heavy atom. The summed E-state index contributed by atoms with van der Waals surface area (Å²) in [5.41, 5.74) is 2.45. The van der Waals surface area contributed by atoms with E-state index in [1.165, 1.54) is 5.56 Å². The number of hydrogen-bond acceptors (Lipinski definition) is 2. The van der Waals surface area contributed by atoms with Gasteiger partial charge in [0.1, 0.15) is 0 Å². The summed E-state index contributed by atoms with van der Waals surface area (Å²) in [4.78, 5) is 4.48. The first-order valence-corrected chi connectivity index (χ1v) is 6.01. The maximum absolute atomic E-state index is 5.35. The summed E-state index contributed by atoms with van der Waals surface area (Å²) >= 11 is 0. The molecule has 0 bridgehead atoms. The molecule has 0 N–H and O–H groups in total. The molecule has 1 aromatic carbocycles. The lowest BCUT2D eigenvalue weighted by Gasteiger charge is -2.15. The van der Waals surface area contributed by atoms with Gasteiger partial charge in [0.2, 0.25) is 0 Å². The molecule has 1 saturated heterocycles. The first kappa shape index (κ1) is 10.5. The Morgan fingerprint density at radius 2 is 1.88 bits per heavy atom. The lowest BCUT2D eigenvalue weighted by atomic mass is 9.91. The van der Waals surface area contributed by atoms with Crippen molar-refractivity contribution in [3.8, 4) is 0 Å². The van der Waals surface area contributed by atoms with Crippen molar-refractivity contribution < 1.29 is 4.74 Å². The number of pyridine rings is 1. The van der Waals surface area contributed by atoms with Crippen LogP contribution in [0.5, 0.6) is 0 Å². The van der Waals surface area contributed by atoms with Crippen LogP contribution < -0.4 is 0 Å². The summed E-state index contributed by atoms with van der Waals surface area (Å²) in [6.07, 6.45) is 3.31. The smallest absolute Gasteiger partial charge is 0.0819 e. The number of epoxide rings is 1. The first-order chi connectivity index (χ1) is 8.43. The van der Waals surface area contributed by atoms with Crippen molar-refractivity contribution in [3.05, 3.63) is 66.0 Å². The van der Waals surface area contributed by atoms with E-state index in [1.54, 1.807) is 0 Å². The minimum absolute atomic E-state index is 0.352. The number of aromatic nitrogens is 1. The molecule has 0 aliphatic carbocycles. The van der Waals surface area contributed by atoms with Crippen molar-refractivity contribution in [1.29, 1.82) is 0 Å². The molecule has 1 aliphatic rings. The van der Waals surface area contributed by atoms with E-state index < -0.39 is 0 Å². The number of nitrogens with zero attached hydrogens (tertiary/aromatic N) is 1. The van der Waals surface area contributed by atoms with Crippen LogP contribution in [-0.4, -0.2) is 17.7 Å². The van der Waals surface area contributed by atoms with Crippen molar-refractivity contribution in [2.24, 2.45) is 0 Å². The molecule has 86 valence electrons. The van der Waals surface area contributed by atoms with E-state index in [-0.39, 0.29) is 0 Å². The minimum atomic E-state index is 0.352. The van der Waals surface area contributed by atoms with Gasteiger partial charge in [-0.15, -0.1) is 0 Å². The average molecular weight is 225 g/mol. The van der Waals surface area contributed by atoms with Crippen LogP contribution in [0, 0.1) is 0 Å². The highest BCUT2D eigenvalue weighted by Crippen LogP contribution is 2.31. The van der Waals surface area contributed by atoms with E-state index in [4.69, 9.17) is 4.74 Å². The fourth-order valence-corrected chi connectivity index (χ4v) is 2.16. The Morgan fingerprint density at radius 3 is 2.53 bits per heavy atom. The van der Waals surface area contributed by atoms with Gasteiger partial charge in [-0.1, -0.05) is 36.4 Å². The number of ether oxygens (including phenoxy) is 1. The lowest BCUT2D eigenvalue weighted by molar-refractivity contribution is 0.387. The predicted octanol–water partition coefficient (Wildman–Crippen LogP) is 3.00. The van der Waals surface area contributed by atoms with E-state index in [2.05, 4.69) is 35.3 Å². The van der Waals surface area contributed by atoms with Crippen LogP contribution in [0.3, 0.4) is 0 Å². The highest BCUT2D eigenvalue weighted by Gasteiger charge is 2.28. The fraction of sp³-hybridized carbons (Fsp3) is 0.267. The second-order valence-electron chi connectivity index (χ2n) is 4.41. The maximum atomic E-state index is 5.35. The van der Waals surface area contributed by atoms with Gasteiger partial charge in [-0.2, -0.15) is 0 Å². The molecule has 2 unspecified atom stereocenters. The van der Waals surface area contributed by atoms with Crippen LogP contribution in [0.25, 0.3) is 0 Å². The predicted molar refractivity (Wildman–Crippen MR) is 66.9 cm³/mol. The van der Waals surface area contributed by atoms with Crippen LogP contribution >= 0.6 is 0 Å². The largest absolute Gasteiger partial charge is 0.373 e. The second-order valence-corrected chi connectivity index (χ2v) is 4.41. The fourth-order valence-electron chi connectivity index (χ4n) is 2.16. The van der Waals surface area contributed by atoms with Gasteiger partial charge in [-0.3, -0.25) is 4.98 Å². The second kappa shape index (κ2) is 4.68. The van der Waals surface area contributed by atoms with Gasteiger partial charge in [0, 0.05) is 17.8 Å². The van der Waals surface area contributed by atoms with E-state index in [1.807, 2.05) is 24.4 Å². The minimum Gasteiger partial charge on any atom is -0.373 e. The Balaban J connectivity index is 1.91. The van der Waals surface area contributed by atoms with Crippen LogP contribution in [0.2, 0.25) is 0 Å². The third-order valence-electron chi connectivity index (χ3n) is 3.15. The van der Waals surface area contributed by atoms with E-state index in [9.17, 15) is 0 Å². The average Bonchev–Trinajstić information content (AvgIpc) is 3.22. The molecule has 2 atom stereocenters. The molecule has 0 saturated carbocycles. The molecule has 2 nitrogen and oxygen atoms in total. The van der Waals surface area contributed by atoms with E-state index in [0.29, 0.717) is 12.0 Å². The summed E-state index contributed by atoms with van der Waals surface area (Å²) in [7, 11) is 0. The molecule has 2 heteroatoms. The molecule has 2 heterocycles. The Bertz CT molecular complexity index is 425. The Labute approximate surface area is 101 Å². The lowest BCUT2D eigenvalue weighted by Crippen LogP contribution is -2.06. The van der Waals surface area contributed by atoms with Crippen molar-refractivity contribution in [1.82, 2.24) is 4.98 Å². The molecule has 2 aromatic rings. The highest BCUT2D eigenvalue weighted by molar-refractivity contribution is 5.28. The van der Waals surface area contributed by atoms with Gasteiger partial charge < -0.3 is 4.74 Å². The zero-order valence-corrected chi connectivity index (χ0v) is 9.62. The third-order valence-corrected chi connectivity index (χ3v) is 3.15. The third kappa shape index (κ3) is 2.53. The van der Waals surface area contributed by atoms with Gasteiger partial charge in [0.05, 0.1) is 12.7 Å². The van der Waals surface area contributed by atoms with Gasteiger partial charge in [0.25, 0.3) is 0 Å². The van der Waals surface area contributed by atoms with E-state index >= 15 is 0 Å². The molecule has 3 rings (SSSR count). The quantitative estimate of drug-likeness (QED) is 0.747.